The molecule has 0 amide bonds. The van der Waals surface area contributed by atoms with Gasteiger partial charge in [-0.2, -0.15) is 0 Å². The highest BCUT2D eigenvalue weighted by molar-refractivity contribution is 9.11. The molecule has 0 atom stereocenters. The van der Waals surface area contributed by atoms with E-state index in [1.54, 1.807) is 30.3 Å². The molecule has 1 heterocycles. The van der Waals surface area contributed by atoms with E-state index in [0.717, 1.165) is 0 Å². The number of rotatable bonds is 2. The number of carbonyl (C=O) groups is 1. The molecule has 0 spiro atoms. The van der Waals surface area contributed by atoms with Gasteiger partial charge in [0.25, 0.3) is 0 Å². The van der Waals surface area contributed by atoms with E-state index >= 15 is 0 Å². The molecule has 2 aromatic carbocycles. The molecule has 146 valence electrons. The van der Waals surface area contributed by atoms with Crippen LogP contribution >= 0.6 is 63.7 Å². The van der Waals surface area contributed by atoms with Crippen LogP contribution in [0.3, 0.4) is 0 Å². The number of benzene rings is 3. The third kappa shape index (κ3) is 3.54. The number of phenolic OH excluding ortho intramolecular Hbond substituents is 1. The summed E-state index contributed by atoms with van der Waals surface area (Å²) in [6.45, 7) is 0. The Balaban J connectivity index is 2.12. The molecule has 9 heteroatoms. The molecule has 0 fully saturated rings. The van der Waals surface area contributed by atoms with Gasteiger partial charge < -0.3 is 14.3 Å². The second-order valence-electron chi connectivity index (χ2n) is 5.96. The van der Waals surface area contributed by atoms with Crippen molar-refractivity contribution in [3.8, 4) is 22.8 Å². The van der Waals surface area contributed by atoms with Crippen molar-refractivity contribution in [3.05, 3.63) is 76.1 Å². The molecule has 0 bridgehead atoms. The van der Waals surface area contributed by atoms with Gasteiger partial charge in [0, 0.05) is 15.0 Å². The standard InChI is InChI=1S/C20H8Br4O5/c21-9-6-11(25)15(23)18-13(9)17(29-20(27)8-4-2-1-3-5-8)14-10(22)7-12(26)16(24)19(14)28-18/h1-7,25H. The van der Waals surface area contributed by atoms with Crippen molar-refractivity contribution in [2.24, 2.45) is 0 Å². The Labute approximate surface area is 197 Å². The van der Waals surface area contributed by atoms with Crippen LogP contribution in [0.25, 0.3) is 22.3 Å². The quantitative estimate of drug-likeness (QED) is 0.190. The first-order valence-electron chi connectivity index (χ1n) is 8.02. The summed E-state index contributed by atoms with van der Waals surface area (Å²) in [4.78, 5) is 25.1. The van der Waals surface area contributed by atoms with E-state index in [-0.39, 0.29) is 37.2 Å². The number of hydrogen-bond donors (Lipinski definition) is 1. The molecule has 0 saturated carbocycles. The van der Waals surface area contributed by atoms with Gasteiger partial charge in [0.15, 0.2) is 22.5 Å². The van der Waals surface area contributed by atoms with Crippen LogP contribution in [0.2, 0.25) is 0 Å². The van der Waals surface area contributed by atoms with Crippen LogP contribution in [-0.4, -0.2) is 11.1 Å². The highest BCUT2D eigenvalue weighted by atomic mass is 79.9. The minimum atomic E-state index is -0.579. The number of phenols is 1. The predicted octanol–water partition coefficient (Wildman–Crippen LogP) is 6.87. The van der Waals surface area contributed by atoms with Crippen molar-refractivity contribution in [3.63, 3.8) is 0 Å². The molecule has 29 heavy (non-hydrogen) atoms. The summed E-state index contributed by atoms with van der Waals surface area (Å²) >= 11 is 13.3. The molecule has 0 radical (unpaired) electrons. The highest BCUT2D eigenvalue weighted by Gasteiger charge is 2.29. The van der Waals surface area contributed by atoms with Gasteiger partial charge >= 0.3 is 5.97 Å². The number of esters is 1. The minimum Gasteiger partial charge on any atom is -0.507 e. The Morgan fingerprint density at radius 3 is 2.34 bits per heavy atom. The van der Waals surface area contributed by atoms with Crippen LogP contribution in [0.4, 0.5) is 0 Å². The number of aromatic hydroxyl groups is 1. The van der Waals surface area contributed by atoms with Gasteiger partial charge in [0.1, 0.15) is 14.7 Å². The smallest absolute Gasteiger partial charge is 0.343 e. The maximum Gasteiger partial charge on any atom is 0.343 e. The molecule has 5 nitrogen and oxygen atoms in total. The van der Waals surface area contributed by atoms with Crippen molar-refractivity contribution in [2.75, 3.05) is 0 Å². The molecule has 1 N–H and O–H groups in total. The normalized spacial score (nSPS) is 11.2. The monoisotopic (exact) mass is 644 g/mol. The van der Waals surface area contributed by atoms with Gasteiger partial charge in [-0.3, -0.25) is 4.79 Å². The summed E-state index contributed by atoms with van der Waals surface area (Å²) in [6.07, 6.45) is 0. The number of fused-ring (bicyclic) bond motifs is 2. The van der Waals surface area contributed by atoms with E-state index in [9.17, 15) is 14.7 Å². The Morgan fingerprint density at radius 1 is 0.966 bits per heavy atom. The fourth-order valence-electron chi connectivity index (χ4n) is 2.84. The van der Waals surface area contributed by atoms with Crippen molar-refractivity contribution in [1.29, 1.82) is 0 Å². The average molecular weight is 648 g/mol. The maximum atomic E-state index is 12.8. The topological polar surface area (TPSA) is 76.7 Å². The SMILES string of the molecule is O=C(Oc1c2c(Br)cc(=O)c(Br)c-2oc2c(Br)c(O)cc(Br)c12)c1ccccc1. The first kappa shape index (κ1) is 20.6. The van der Waals surface area contributed by atoms with E-state index in [0.29, 0.717) is 25.5 Å². The van der Waals surface area contributed by atoms with Crippen LogP contribution in [0, 0.1) is 0 Å². The van der Waals surface area contributed by atoms with Crippen LogP contribution < -0.4 is 10.2 Å². The zero-order chi connectivity index (χ0) is 20.9. The first-order chi connectivity index (χ1) is 13.8. The number of carbonyl (C=O) groups excluding carboxylic acids is 1. The summed E-state index contributed by atoms with van der Waals surface area (Å²) in [5.74, 6) is -0.313. The molecule has 0 unspecified atom stereocenters. The van der Waals surface area contributed by atoms with Gasteiger partial charge in [-0.05, 0) is 81.9 Å². The molecular formula is C20H8Br4O5. The summed E-state index contributed by atoms with van der Waals surface area (Å²) in [6, 6.07) is 11.3. The van der Waals surface area contributed by atoms with Crippen molar-refractivity contribution < 1.29 is 19.1 Å². The van der Waals surface area contributed by atoms with Crippen LogP contribution in [0.1, 0.15) is 10.4 Å². The first-order valence-corrected chi connectivity index (χ1v) is 11.2. The largest absolute Gasteiger partial charge is 0.507 e. The summed E-state index contributed by atoms with van der Waals surface area (Å²) < 4.78 is 13.0. The van der Waals surface area contributed by atoms with Crippen molar-refractivity contribution in [1.82, 2.24) is 0 Å². The molecule has 2 aromatic rings. The van der Waals surface area contributed by atoms with Gasteiger partial charge in [-0.25, -0.2) is 4.79 Å². The highest BCUT2D eigenvalue weighted by Crippen LogP contribution is 2.50. The van der Waals surface area contributed by atoms with Crippen molar-refractivity contribution in [2.45, 2.75) is 0 Å². The lowest BCUT2D eigenvalue weighted by atomic mass is 10.1. The van der Waals surface area contributed by atoms with E-state index in [1.165, 1.54) is 12.1 Å². The van der Waals surface area contributed by atoms with E-state index in [4.69, 9.17) is 9.15 Å². The van der Waals surface area contributed by atoms with E-state index in [1.807, 2.05) is 0 Å². The summed E-state index contributed by atoms with van der Waals surface area (Å²) in [7, 11) is 0. The minimum absolute atomic E-state index is 0.0822. The zero-order valence-corrected chi connectivity index (χ0v) is 20.5. The lowest BCUT2D eigenvalue weighted by Crippen LogP contribution is -2.12. The third-order valence-corrected chi connectivity index (χ3v) is 6.92. The van der Waals surface area contributed by atoms with Crippen LogP contribution in [0.5, 0.6) is 11.5 Å². The predicted molar refractivity (Wildman–Crippen MR) is 123 cm³/mol. The fraction of sp³-hybridized carbons (Fsp3) is 0. The Hall–Kier alpha value is -1.68. The van der Waals surface area contributed by atoms with E-state index < -0.39 is 5.97 Å². The number of hydrogen-bond acceptors (Lipinski definition) is 5. The lowest BCUT2D eigenvalue weighted by molar-refractivity contribution is 0.0737. The second-order valence-corrected chi connectivity index (χ2v) is 9.25. The Kier molecular flexibility index (Phi) is 5.58. The number of ether oxygens (including phenoxy) is 1. The van der Waals surface area contributed by atoms with Crippen molar-refractivity contribution >= 4 is 80.7 Å². The zero-order valence-electron chi connectivity index (χ0n) is 14.1. The molecule has 1 aliphatic carbocycles. The van der Waals surface area contributed by atoms with E-state index in [2.05, 4.69) is 63.7 Å². The fourth-order valence-corrected chi connectivity index (χ4v) is 4.77. The third-order valence-electron chi connectivity index (χ3n) is 4.16. The lowest BCUT2D eigenvalue weighted by Gasteiger charge is -2.18. The molecule has 2 aliphatic rings. The Bertz CT molecular complexity index is 1310. The molecule has 1 aliphatic heterocycles. The van der Waals surface area contributed by atoms with Gasteiger partial charge in [-0.15, -0.1) is 0 Å². The molecule has 0 saturated heterocycles. The van der Waals surface area contributed by atoms with Gasteiger partial charge in [-0.1, -0.05) is 18.2 Å². The molecule has 4 rings (SSSR count). The maximum absolute atomic E-state index is 12.8. The second kappa shape index (κ2) is 7.86. The van der Waals surface area contributed by atoms with Crippen LogP contribution in [-0.2, 0) is 0 Å². The van der Waals surface area contributed by atoms with Gasteiger partial charge in [0.2, 0.25) is 0 Å². The average Bonchev–Trinajstić information content (AvgIpc) is 2.70. The summed E-state index contributed by atoms with van der Waals surface area (Å²) in [5, 5.41) is 10.6. The molecule has 0 aromatic heterocycles. The summed E-state index contributed by atoms with van der Waals surface area (Å²) in [5.41, 5.74) is 0.646. The van der Waals surface area contributed by atoms with Gasteiger partial charge in [0.05, 0.1) is 16.5 Å². The number of halogens is 4. The van der Waals surface area contributed by atoms with Crippen LogP contribution in [0.15, 0.2) is 69.6 Å². The molecular weight excluding hydrogens is 640 g/mol. The Morgan fingerprint density at radius 2 is 1.66 bits per heavy atom.